The minimum Gasteiger partial charge on any atom is -0.327 e. The van der Waals surface area contributed by atoms with Gasteiger partial charge in [0.15, 0.2) is 5.67 Å². The van der Waals surface area contributed by atoms with E-state index in [2.05, 4.69) is 10.1 Å². The predicted molar refractivity (Wildman–Crippen MR) is 72.4 cm³/mol. The fourth-order valence-corrected chi connectivity index (χ4v) is 2.11. The van der Waals surface area contributed by atoms with Gasteiger partial charge in [-0.15, -0.1) is 0 Å². The first-order valence-corrected chi connectivity index (χ1v) is 6.40. The summed E-state index contributed by atoms with van der Waals surface area (Å²) in [4.78, 5) is 4.15. The van der Waals surface area contributed by atoms with Crippen LogP contribution >= 0.6 is 0 Å². The number of aromatic nitrogens is 3. The molecule has 1 heterocycles. The molecule has 0 radical (unpaired) electrons. The lowest BCUT2D eigenvalue weighted by atomic mass is 9.92. The van der Waals surface area contributed by atoms with Crippen molar-refractivity contribution >= 4 is 0 Å². The topological polar surface area (TPSA) is 56.7 Å². The normalized spacial score (nSPS) is 14.6. The molecule has 2 aromatic rings. The van der Waals surface area contributed by atoms with Gasteiger partial charge < -0.3 is 5.73 Å². The van der Waals surface area contributed by atoms with E-state index in [1.54, 1.807) is 16.8 Å². The maximum absolute atomic E-state index is 15.1. The van der Waals surface area contributed by atoms with Crippen LogP contribution in [0.2, 0.25) is 0 Å². The summed E-state index contributed by atoms with van der Waals surface area (Å²) in [5, 5.41) is 4.13. The zero-order valence-corrected chi connectivity index (χ0v) is 11.3. The third kappa shape index (κ3) is 2.81. The lowest BCUT2D eigenvalue weighted by molar-refractivity contribution is 0.168. The molecule has 0 saturated heterocycles. The summed E-state index contributed by atoms with van der Waals surface area (Å²) in [5.74, 6) is 0.617. The molecule has 0 amide bonds. The predicted octanol–water partition coefficient (Wildman–Crippen LogP) is 2.23. The molecule has 0 aliphatic heterocycles. The fourth-order valence-electron chi connectivity index (χ4n) is 2.11. The average molecular weight is 262 g/mol. The van der Waals surface area contributed by atoms with Gasteiger partial charge in [-0.1, -0.05) is 30.3 Å². The summed E-state index contributed by atoms with van der Waals surface area (Å²) in [6.07, 6.45) is 1.59. The highest BCUT2D eigenvalue weighted by Crippen LogP contribution is 2.29. The summed E-state index contributed by atoms with van der Waals surface area (Å²) >= 11 is 0. The zero-order valence-electron chi connectivity index (χ0n) is 11.3. The Morgan fingerprint density at radius 2 is 2.00 bits per heavy atom. The van der Waals surface area contributed by atoms with Gasteiger partial charge in [0, 0.05) is 19.0 Å². The Balaban J connectivity index is 2.31. The first-order chi connectivity index (χ1) is 9.07. The Hall–Kier alpha value is -1.75. The number of benzene rings is 1. The molecule has 0 spiro atoms. The monoisotopic (exact) mass is 262 g/mol. The smallest absolute Gasteiger partial charge is 0.155 e. The molecule has 0 aliphatic rings. The number of alkyl halides is 1. The third-order valence-electron chi connectivity index (χ3n) is 3.19. The van der Waals surface area contributed by atoms with E-state index < -0.39 is 5.67 Å². The molecule has 0 saturated carbocycles. The maximum Gasteiger partial charge on any atom is 0.155 e. The van der Waals surface area contributed by atoms with Crippen molar-refractivity contribution in [1.82, 2.24) is 14.8 Å². The molecule has 0 aliphatic carbocycles. The van der Waals surface area contributed by atoms with Crippen LogP contribution < -0.4 is 5.73 Å². The molecule has 4 nitrogen and oxygen atoms in total. The van der Waals surface area contributed by atoms with Crippen molar-refractivity contribution in [2.45, 2.75) is 32.0 Å². The molecule has 0 fully saturated rings. The van der Waals surface area contributed by atoms with E-state index in [9.17, 15) is 0 Å². The minimum absolute atomic E-state index is 0.0814. The summed E-state index contributed by atoms with van der Waals surface area (Å²) in [5.41, 5.74) is 4.62. The first kappa shape index (κ1) is 13.7. The van der Waals surface area contributed by atoms with Crippen LogP contribution in [-0.2, 0) is 12.1 Å². The van der Waals surface area contributed by atoms with Crippen LogP contribution in [0.3, 0.4) is 0 Å². The number of halogens is 1. The van der Waals surface area contributed by atoms with E-state index in [0.29, 0.717) is 11.4 Å². The highest BCUT2D eigenvalue weighted by Gasteiger charge is 2.32. The second kappa shape index (κ2) is 5.48. The van der Waals surface area contributed by atoms with Gasteiger partial charge in [0.05, 0.1) is 0 Å². The summed E-state index contributed by atoms with van der Waals surface area (Å²) in [6, 6.07) is 9.14. The molecule has 1 aromatic heterocycles. The number of nitrogens with two attached hydrogens (primary N) is 1. The zero-order chi connectivity index (χ0) is 13.9. The molecule has 2 N–H and O–H groups in total. The second-order valence-electron chi connectivity index (χ2n) is 4.93. The van der Waals surface area contributed by atoms with Gasteiger partial charge in [-0.2, -0.15) is 5.10 Å². The van der Waals surface area contributed by atoms with Crippen molar-refractivity contribution in [3.8, 4) is 0 Å². The molecule has 1 unspecified atom stereocenters. The molecule has 0 bridgehead atoms. The van der Waals surface area contributed by atoms with Crippen LogP contribution in [0.25, 0.3) is 0 Å². The molecule has 102 valence electrons. The second-order valence-corrected chi connectivity index (χ2v) is 4.93. The lowest BCUT2D eigenvalue weighted by Gasteiger charge is -2.24. The first-order valence-electron chi connectivity index (χ1n) is 6.40. The van der Waals surface area contributed by atoms with E-state index in [1.807, 2.05) is 32.0 Å². The van der Waals surface area contributed by atoms with Gasteiger partial charge in [-0.3, -0.25) is 0 Å². The van der Waals surface area contributed by atoms with E-state index in [0.717, 1.165) is 0 Å². The van der Waals surface area contributed by atoms with E-state index >= 15 is 4.39 Å². The molecule has 19 heavy (non-hydrogen) atoms. The van der Waals surface area contributed by atoms with E-state index in [4.69, 9.17) is 5.73 Å². The maximum atomic E-state index is 15.1. The Bertz CT molecular complexity index is 523. The highest BCUT2D eigenvalue weighted by atomic mass is 19.1. The largest absolute Gasteiger partial charge is 0.327 e. The summed E-state index contributed by atoms with van der Waals surface area (Å²) in [6.45, 7) is 3.90. The Morgan fingerprint density at radius 1 is 1.32 bits per heavy atom. The fraction of sp³-hybridized carbons (Fsp3) is 0.429. The van der Waals surface area contributed by atoms with Gasteiger partial charge in [0.1, 0.15) is 12.2 Å². The number of rotatable bonds is 5. The van der Waals surface area contributed by atoms with Crippen molar-refractivity contribution in [2.75, 3.05) is 6.54 Å². The highest BCUT2D eigenvalue weighted by molar-refractivity contribution is 5.24. The summed E-state index contributed by atoms with van der Waals surface area (Å²) < 4.78 is 16.8. The van der Waals surface area contributed by atoms with Gasteiger partial charge in [-0.05, 0) is 19.4 Å². The van der Waals surface area contributed by atoms with Crippen LogP contribution in [0.5, 0.6) is 0 Å². The van der Waals surface area contributed by atoms with E-state index in [1.165, 1.54) is 6.33 Å². The number of hydrogen-bond acceptors (Lipinski definition) is 3. The van der Waals surface area contributed by atoms with E-state index in [-0.39, 0.29) is 19.0 Å². The molecular formula is C14H19FN4. The van der Waals surface area contributed by atoms with Crippen molar-refractivity contribution in [3.05, 3.63) is 48.0 Å². The number of hydrogen-bond donors (Lipinski definition) is 1. The van der Waals surface area contributed by atoms with Crippen LogP contribution in [0.1, 0.15) is 31.3 Å². The molecular weight excluding hydrogens is 243 g/mol. The minimum atomic E-state index is -1.61. The molecule has 1 aromatic carbocycles. The van der Waals surface area contributed by atoms with Gasteiger partial charge >= 0.3 is 0 Å². The van der Waals surface area contributed by atoms with Crippen LogP contribution in [-0.4, -0.2) is 21.3 Å². The lowest BCUT2D eigenvalue weighted by Crippen LogP contribution is -2.34. The number of nitrogens with zero attached hydrogens (tertiary/aromatic N) is 3. The van der Waals surface area contributed by atoms with Crippen molar-refractivity contribution in [1.29, 1.82) is 0 Å². The van der Waals surface area contributed by atoms with Gasteiger partial charge in [0.2, 0.25) is 0 Å². The molecule has 5 heteroatoms. The van der Waals surface area contributed by atoms with Gasteiger partial charge in [0.25, 0.3) is 0 Å². The average Bonchev–Trinajstić information content (AvgIpc) is 2.87. The Kier molecular flexibility index (Phi) is 3.95. The van der Waals surface area contributed by atoms with Crippen LogP contribution in [0, 0.1) is 0 Å². The van der Waals surface area contributed by atoms with Crippen molar-refractivity contribution < 1.29 is 4.39 Å². The van der Waals surface area contributed by atoms with Crippen LogP contribution in [0.4, 0.5) is 4.39 Å². The summed E-state index contributed by atoms with van der Waals surface area (Å²) in [7, 11) is 0. The molecule has 2 rings (SSSR count). The Morgan fingerprint density at radius 3 is 2.58 bits per heavy atom. The van der Waals surface area contributed by atoms with Gasteiger partial charge in [-0.25, -0.2) is 14.1 Å². The van der Waals surface area contributed by atoms with Crippen molar-refractivity contribution in [3.63, 3.8) is 0 Å². The van der Waals surface area contributed by atoms with Crippen molar-refractivity contribution in [2.24, 2.45) is 5.73 Å². The Labute approximate surface area is 112 Å². The third-order valence-corrected chi connectivity index (χ3v) is 3.19. The van der Waals surface area contributed by atoms with Crippen LogP contribution in [0.15, 0.2) is 36.7 Å². The SMILES string of the molecule is CC(C)n1ncnc1CC(F)(CN)c1ccccc1. The quantitative estimate of drug-likeness (QED) is 0.899. The molecule has 1 atom stereocenters. The standard InChI is InChI=1S/C14H19FN4/c1-11(2)19-13(17-10-18-19)8-14(15,9-16)12-6-4-3-5-7-12/h3-7,10-11H,8-9,16H2,1-2H3.